The molecular weight excluding hydrogens is 381 g/mol. The molecule has 0 aliphatic heterocycles. The number of nitrogens with zero attached hydrogens (tertiary/aromatic N) is 1. The Morgan fingerprint density at radius 2 is 1.55 bits per heavy atom. The largest absolute Gasteiger partial charge is 0.417 e. The van der Waals surface area contributed by atoms with Gasteiger partial charge in [-0.05, 0) is 23.6 Å². The van der Waals surface area contributed by atoms with Crippen LogP contribution in [-0.2, 0) is 23.9 Å². The molecule has 1 amide bonds. The zero-order valence-corrected chi connectivity index (χ0v) is 15.4. The molecule has 3 rings (SSSR count). The average molecular weight is 400 g/mol. The molecule has 1 heterocycles. The number of carbonyl (C=O) groups is 1. The van der Waals surface area contributed by atoms with Gasteiger partial charge in [-0.1, -0.05) is 60.7 Å². The molecule has 0 radical (unpaired) electrons. The van der Waals surface area contributed by atoms with E-state index in [0.29, 0.717) is 18.7 Å². The summed E-state index contributed by atoms with van der Waals surface area (Å²) in [6.45, 7) is -0.499. The van der Waals surface area contributed by atoms with E-state index in [-0.39, 0.29) is 6.04 Å². The van der Waals surface area contributed by atoms with Crippen LogP contribution in [-0.4, -0.2) is 10.5 Å². The van der Waals surface area contributed by atoms with Gasteiger partial charge in [0.25, 0.3) is 5.56 Å². The molecule has 0 saturated carbocycles. The molecule has 1 N–H and O–H groups in total. The first-order valence-electron chi connectivity index (χ1n) is 8.99. The first-order valence-corrected chi connectivity index (χ1v) is 8.99. The molecule has 0 spiro atoms. The van der Waals surface area contributed by atoms with Crippen LogP contribution < -0.4 is 10.9 Å². The summed E-state index contributed by atoms with van der Waals surface area (Å²) in [5.74, 6) is -0.545. The summed E-state index contributed by atoms with van der Waals surface area (Å²) in [4.78, 5) is 24.4. The summed E-state index contributed by atoms with van der Waals surface area (Å²) >= 11 is 0. The number of hydrogen-bond donors (Lipinski definition) is 1. The van der Waals surface area contributed by atoms with Crippen molar-refractivity contribution in [2.45, 2.75) is 25.2 Å². The summed E-state index contributed by atoms with van der Waals surface area (Å²) in [5.41, 5.74) is 0.209. The van der Waals surface area contributed by atoms with Crippen LogP contribution in [0.25, 0.3) is 0 Å². The molecule has 0 aliphatic carbocycles. The number of carbonyl (C=O) groups excluding carboxylic acids is 1. The molecular formula is C22H19F3N2O2. The van der Waals surface area contributed by atoms with E-state index in [0.717, 1.165) is 21.8 Å². The predicted molar refractivity (Wildman–Crippen MR) is 103 cm³/mol. The van der Waals surface area contributed by atoms with Crippen molar-refractivity contribution < 1.29 is 18.0 Å². The summed E-state index contributed by atoms with van der Waals surface area (Å²) in [5, 5.41) is 2.84. The zero-order valence-electron chi connectivity index (χ0n) is 15.4. The lowest BCUT2D eigenvalue weighted by atomic mass is 9.99. The van der Waals surface area contributed by atoms with Crippen molar-refractivity contribution in [3.05, 3.63) is 106 Å². The van der Waals surface area contributed by atoms with Gasteiger partial charge in [-0.3, -0.25) is 9.59 Å². The van der Waals surface area contributed by atoms with E-state index in [2.05, 4.69) is 5.32 Å². The Kier molecular flexibility index (Phi) is 6.16. The number of nitrogens with one attached hydrogen (secondary N) is 1. The van der Waals surface area contributed by atoms with E-state index in [1.54, 1.807) is 0 Å². The Morgan fingerprint density at radius 3 is 2.17 bits per heavy atom. The topological polar surface area (TPSA) is 51.1 Å². The van der Waals surface area contributed by atoms with Crippen molar-refractivity contribution in [1.82, 2.24) is 9.88 Å². The molecule has 150 valence electrons. The van der Waals surface area contributed by atoms with Gasteiger partial charge < -0.3 is 9.88 Å². The number of benzene rings is 2. The van der Waals surface area contributed by atoms with Gasteiger partial charge in [-0.15, -0.1) is 0 Å². The molecule has 1 atom stereocenters. The summed E-state index contributed by atoms with van der Waals surface area (Å²) in [7, 11) is 0. The van der Waals surface area contributed by atoms with E-state index in [1.165, 1.54) is 0 Å². The van der Waals surface area contributed by atoms with E-state index >= 15 is 0 Å². The van der Waals surface area contributed by atoms with Gasteiger partial charge in [0.05, 0.1) is 11.6 Å². The molecule has 0 unspecified atom stereocenters. The number of pyridine rings is 1. The lowest BCUT2D eigenvalue weighted by Gasteiger charge is -2.20. The van der Waals surface area contributed by atoms with Crippen molar-refractivity contribution in [3.8, 4) is 0 Å². The van der Waals surface area contributed by atoms with Crippen LogP contribution in [0.1, 0.15) is 22.7 Å². The molecule has 2 aromatic carbocycles. The molecule has 4 nitrogen and oxygen atoms in total. The van der Waals surface area contributed by atoms with Crippen molar-refractivity contribution in [2.24, 2.45) is 0 Å². The second-order valence-corrected chi connectivity index (χ2v) is 6.60. The van der Waals surface area contributed by atoms with Crippen molar-refractivity contribution in [3.63, 3.8) is 0 Å². The Balaban J connectivity index is 1.79. The number of hydrogen-bond acceptors (Lipinski definition) is 2. The molecule has 0 saturated heterocycles. The normalized spacial score (nSPS) is 12.4. The SMILES string of the molecule is O=C(Cn1cc(C(F)(F)F)ccc1=O)N[C@H](Cc1ccccc1)c1ccccc1. The molecule has 0 fully saturated rings. The fraction of sp³-hybridized carbons (Fsp3) is 0.182. The fourth-order valence-electron chi connectivity index (χ4n) is 3.00. The van der Waals surface area contributed by atoms with E-state index in [4.69, 9.17) is 0 Å². The maximum absolute atomic E-state index is 12.9. The average Bonchev–Trinajstić information content (AvgIpc) is 2.70. The minimum atomic E-state index is -4.59. The number of aromatic nitrogens is 1. The summed E-state index contributed by atoms with van der Waals surface area (Å²) in [6, 6.07) is 19.9. The van der Waals surface area contributed by atoms with Gasteiger partial charge in [-0.2, -0.15) is 13.2 Å². The summed E-state index contributed by atoms with van der Waals surface area (Å²) in [6.07, 6.45) is -3.42. The zero-order chi connectivity index (χ0) is 20.9. The second-order valence-electron chi connectivity index (χ2n) is 6.60. The van der Waals surface area contributed by atoms with Gasteiger partial charge in [0, 0.05) is 12.3 Å². The molecule has 29 heavy (non-hydrogen) atoms. The van der Waals surface area contributed by atoms with Crippen molar-refractivity contribution in [1.29, 1.82) is 0 Å². The number of halogens is 3. The number of alkyl halides is 3. The van der Waals surface area contributed by atoms with Crippen LogP contribution in [0.3, 0.4) is 0 Å². The lowest BCUT2D eigenvalue weighted by molar-refractivity contribution is -0.138. The molecule has 0 bridgehead atoms. The van der Waals surface area contributed by atoms with E-state index in [9.17, 15) is 22.8 Å². The van der Waals surface area contributed by atoms with Gasteiger partial charge in [-0.25, -0.2) is 0 Å². The molecule has 7 heteroatoms. The Bertz CT molecular complexity index is 1020. The fourth-order valence-corrected chi connectivity index (χ4v) is 3.00. The quantitative estimate of drug-likeness (QED) is 0.681. The second kappa shape index (κ2) is 8.77. The number of rotatable bonds is 6. The van der Waals surface area contributed by atoms with E-state index < -0.39 is 29.8 Å². The maximum Gasteiger partial charge on any atom is 0.417 e. The number of amides is 1. The highest BCUT2D eigenvalue weighted by atomic mass is 19.4. The molecule has 1 aromatic heterocycles. The first kappa shape index (κ1) is 20.4. The van der Waals surface area contributed by atoms with Gasteiger partial charge in [0.1, 0.15) is 6.54 Å². The highest BCUT2D eigenvalue weighted by Crippen LogP contribution is 2.28. The van der Waals surface area contributed by atoms with Crippen LogP contribution in [0.2, 0.25) is 0 Å². The molecule has 3 aromatic rings. The van der Waals surface area contributed by atoms with E-state index in [1.807, 2.05) is 60.7 Å². The first-order chi connectivity index (χ1) is 13.8. The summed E-state index contributed by atoms with van der Waals surface area (Å²) < 4.78 is 39.5. The highest BCUT2D eigenvalue weighted by Gasteiger charge is 2.31. The smallest absolute Gasteiger partial charge is 0.347 e. The third-order valence-corrected chi connectivity index (χ3v) is 4.44. The predicted octanol–water partition coefficient (Wildman–Crippen LogP) is 3.97. The van der Waals surface area contributed by atoms with Crippen molar-refractivity contribution >= 4 is 5.91 Å². The maximum atomic E-state index is 12.9. The van der Waals surface area contributed by atoms with Crippen LogP contribution in [0.15, 0.2) is 83.8 Å². The van der Waals surface area contributed by atoms with Crippen LogP contribution in [0, 0.1) is 0 Å². The monoisotopic (exact) mass is 400 g/mol. The van der Waals surface area contributed by atoms with Gasteiger partial charge >= 0.3 is 6.18 Å². The Hall–Kier alpha value is -3.35. The van der Waals surface area contributed by atoms with Gasteiger partial charge in [0.15, 0.2) is 0 Å². The van der Waals surface area contributed by atoms with Crippen LogP contribution in [0.5, 0.6) is 0 Å². The Morgan fingerprint density at radius 1 is 0.931 bits per heavy atom. The highest BCUT2D eigenvalue weighted by molar-refractivity contribution is 5.76. The van der Waals surface area contributed by atoms with Gasteiger partial charge in [0.2, 0.25) is 5.91 Å². The van der Waals surface area contributed by atoms with Crippen LogP contribution in [0.4, 0.5) is 13.2 Å². The van der Waals surface area contributed by atoms with Crippen molar-refractivity contribution in [2.75, 3.05) is 0 Å². The third kappa shape index (κ3) is 5.57. The third-order valence-electron chi connectivity index (χ3n) is 4.44. The molecule has 0 aliphatic rings. The standard InChI is InChI=1S/C22H19F3N2O2/c23-22(24,25)18-11-12-21(29)27(14-18)15-20(28)26-19(17-9-5-2-6-10-17)13-16-7-3-1-4-8-16/h1-12,14,19H,13,15H2,(H,26,28)/t19-/m1/s1. The Labute approximate surface area is 165 Å². The minimum absolute atomic E-state index is 0.382. The van der Waals surface area contributed by atoms with Crippen LogP contribution >= 0.6 is 0 Å². The minimum Gasteiger partial charge on any atom is -0.347 e. The lowest BCUT2D eigenvalue weighted by Crippen LogP contribution is -2.35.